The number of carbonyl (C=O) groups excluding carboxylic acids is 2. The average molecular weight is 365 g/mol. The molecule has 3 fully saturated rings. The lowest BCUT2D eigenvalue weighted by Gasteiger charge is -2.31. The molecule has 0 radical (unpaired) electrons. The molecule has 1 spiro atoms. The van der Waals surface area contributed by atoms with Gasteiger partial charge in [-0.15, -0.1) is 0 Å². The van der Waals surface area contributed by atoms with Crippen LogP contribution in [0.5, 0.6) is 5.75 Å². The fourth-order valence-electron chi connectivity index (χ4n) is 4.57. The van der Waals surface area contributed by atoms with Crippen LogP contribution in [-0.4, -0.2) is 56.6 Å². The van der Waals surface area contributed by atoms with Gasteiger partial charge in [-0.2, -0.15) is 0 Å². The van der Waals surface area contributed by atoms with E-state index in [1.54, 1.807) is 4.90 Å². The summed E-state index contributed by atoms with van der Waals surface area (Å²) in [5.41, 5.74) is 0.552. The van der Waals surface area contributed by atoms with Crippen LogP contribution < -0.4 is 0 Å². The third kappa shape index (κ3) is 2.35. The number of hydrogen-bond donors (Lipinski definition) is 1. The van der Waals surface area contributed by atoms with Crippen LogP contribution in [0.4, 0.5) is 0 Å². The first-order valence-electron chi connectivity index (χ1n) is 9.08. The Labute approximate surface area is 156 Å². The molecule has 1 aromatic carbocycles. The lowest BCUT2D eigenvalue weighted by atomic mass is 10.1. The van der Waals surface area contributed by atoms with E-state index in [2.05, 4.69) is 4.98 Å². The lowest BCUT2D eigenvalue weighted by molar-refractivity contribution is -0.138. The van der Waals surface area contributed by atoms with E-state index in [1.807, 2.05) is 35.2 Å². The topological polar surface area (TPSA) is 83.0 Å². The van der Waals surface area contributed by atoms with E-state index in [1.165, 1.54) is 18.3 Å². The van der Waals surface area contributed by atoms with E-state index in [0.29, 0.717) is 19.5 Å². The van der Waals surface area contributed by atoms with E-state index in [4.69, 9.17) is 4.74 Å². The van der Waals surface area contributed by atoms with Crippen LogP contribution in [0, 0.1) is 0 Å². The summed E-state index contributed by atoms with van der Waals surface area (Å²) in [5.74, 6) is -0.204. The van der Waals surface area contributed by atoms with Crippen LogP contribution in [0.1, 0.15) is 35.0 Å². The van der Waals surface area contributed by atoms with Crippen molar-refractivity contribution in [1.82, 2.24) is 14.8 Å². The molecule has 0 saturated carbocycles. The minimum atomic E-state index is -0.746. The fraction of sp³-hybridized carbons (Fsp3) is 0.350. The Morgan fingerprint density at radius 3 is 2.78 bits per heavy atom. The van der Waals surface area contributed by atoms with Crippen LogP contribution >= 0.6 is 0 Å². The first kappa shape index (κ1) is 16.3. The molecule has 3 saturated heterocycles. The van der Waals surface area contributed by atoms with Gasteiger partial charge in [0.05, 0.1) is 25.2 Å². The summed E-state index contributed by atoms with van der Waals surface area (Å²) < 4.78 is 6.44. The molecule has 7 heteroatoms. The summed E-state index contributed by atoms with van der Waals surface area (Å²) in [6.45, 7) is 1.02. The number of aromatic hydroxyl groups is 1. The minimum Gasteiger partial charge on any atom is -0.506 e. The molecule has 0 aliphatic carbocycles. The zero-order chi connectivity index (χ0) is 18.6. The van der Waals surface area contributed by atoms with Gasteiger partial charge in [0.2, 0.25) is 5.91 Å². The first-order chi connectivity index (χ1) is 13.1. The predicted octanol–water partition coefficient (Wildman–Crippen LogP) is 1.70. The highest BCUT2D eigenvalue weighted by Gasteiger charge is 2.65. The number of amides is 2. The molecule has 2 aromatic rings. The molecule has 138 valence electrons. The first-order valence-corrected chi connectivity index (χ1v) is 9.08. The highest BCUT2D eigenvalue weighted by Crippen LogP contribution is 2.50. The van der Waals surface area contributed by atoms with Crippen LogP contribution in [0.15, 0.2) is 48.7 Å². The number of rotatable bonds is 2. The monoisotopic (exact) mass is 365 g/mol. The van der Waals surface area contributed by atoms with Gasteiger partial charge in [-0.05, 0) is 17.7 Å². The molecule has 1 aromatic heterocycles. The summed E-state index contributed by atoms with van der Waals surface area (Å²) in [6, 6.07) is 12.5. The second kappa shape index (κ2) is 5.79. The quantitative estimate of drug-likeness (QED) is 0.876. The second-order valence-electron chi connectivity index (χ2n) is 7.24. The van der Waals surface area contributed by atoms with Crippen molar-refractivity contribution >= 4 is 11.8 Å². The Morgan fingerprint density at radius 2 is 2.04 bits per heavy atom. The Morgan fingerprint density at radius 1 is 1.22 bits per heavy atom. The second-order valence-corrected chi connectivity index (χ2v) is 7.24. The number of benzene rings is 1. The van der Waals surface area contributed by atoms with Gasteiger partial charge in [0, 0.05) is 13.0 Å². The summed E-state index contributed by atoms with van der Waals surface area (Å²) in [4.78, 5) is 33.1. The van der Waals surface area contributed by atoms with Crippen molar-refractivity contribution in [2.45, 2.75) is 30.7 Å². The smallest absolute Gasteiger partial charge is 0.272 e. The highest BCUT2D eigenvalue weighted by molar-refractivity contribution is 5.94. The van der Waals surface area contributed by atoms with Gasteiger partial charge in [-0.25, -0.2) is 4.98 Å². The number of likely N-dealkylation sites (tertiary alicyclic amines) is 1. The lowest BCUT2D eigenvalue weighted by Crippen LogP contribution is -2.48. The molecule has 3 aliphatic heterocycles. The summed E-state index contributed by atoms with van der Waals surface area (Å²) in [6.07, 6.45) is 1.93. The Balaban J connectivity index is 1.44. The maximum absolute atomic E-state index is 12.9. The van der Waals surface area contributed by atoms with Crippen molar-refractivity contribution in [3.63, 3.8) is 0 Å². The van der Waals surface area contributed by atoms with Crippen LogP contribution in [0.3, 0.4) is 0 Å². The van der Waals surface area contributed by atoms with Crippen LogP contribution in [-0.2, 0) is 9.53 Å². The fourth-order valence-corrected chi connectivity index (χ4v) is 4.57. The third-order valence-electron chi connectivity index (χ3n) is 5.83. The average Bonchev–Trinajstić information content (AvgIpc) is 3.31. The van der Waals surface area contributed by atoms with Gasteiger partial charge in [0.15, 0.2) is 5.72 Å². The maximum Gasteiger partial charge on any atom is 0.272 e. The molecular weight excluding hydrogens is 346 g/mol. The molecule has 4 heterocycles. The largest absolute Gasteiger partial charge is 0.506 e. The molecule has 0 bridgehead atoms. The zero-order valence-corrected chi connectivity index (χ0v) is 14.6. The van der Waals surface area contributed by atoms with Crippen LogP contribution in [0.2, 0.25) is 0 Å². The van der Waals surface area contributed by atoms with Crippen molar-refractivity contribution in [2.75, 3.05) is 13.1 Å². The van der Waals surface area contributed by atoms with E-state index < -0.39 is 5.72 Å². The molecule has 2 amide bonds. The number of nitrogens with zero attached hydrogens (tertiary/aromatic N) is 3. The number of carbonyl (C=O) groups is 2. The van der Waals surface area contributed by atoms with Gasteiger partial charge in [0.1, 0.15) is 17.5 Å². The normalized spacial score (nSPS) is 29.1. The molecule has 1 N–H and O–H groups in total. The number of hydrogen-bond acceptors (Lipinski definition) is 5. The summed E-state index contributed by atoms with van der Waals surface area (Å²) in [5, 5.41) is 9.39. The number of aromatic nitrogens is 1. The Hall–Kier alpha value is -2.93. The molecule has 3 atom stereocenters. The molecule has 3 aliphatic rings. The van der Waals surface area contributed by atoms with Gasteiger partial charge in [-0.3, -0.25) is 9.59 Å². The molecule has 5 rings (SSSR count). The summed E-state index contributed by atoms with van der Waals surface area (Å²) in [7, 11) is 0. The number of ether oxygens (including phenoxy) is 1. The SMILES string of the molecule is O=C(c1ccc(O)cn1)N1CC[C@@]23O[C@@H](c4ccccc4)CN2C(=O)C[C@@H]13. The van der Waals surface area contributed by atoms with E-state index in [0.717, 1.165) is 5.56 Å². The van der Waals surface area contributed by atoms with Crippen molar-refractivity contribution < 1.29 is 19.4 Å². The minimum absolute atomic E-state index is 0.0106. The highest BCUT2D eigenvalue weighted by atomic mass is 16.5. The van der Waals surface area contributed by atoms with Crippen molar-refractivity contribution in [3.8, 4) is 5.75 Å². The standard InChI is InChI=1S/C20H19N3O4/c24-14-6-7-15(21-11-14)19(26)22-9-8-20-17(22)10-18(25)23(20)12-16(27-20)13-4-2-1-3-5-13/h1-7,11,16-17,24H,8-10,12H2/t16-,17-,20+/m1/s1. The Bertz CT molecular complexity index is 901. The third-order valence-corrected chi connectivity index (χ3v) is 5.83. The van der Waals surface area contributed by atoms with E-state index in [-0.39, 0.29) is 41.8 Å². The Kier molecular flexibility index (Phi) is 3.48. The van der Waals surface area contributed by atoms with Crippen molar-refractivity contribution in [1.29, 1.82) is 0 Å². The van der Waals surface area contributed by atoms with E-state index in [9.17, 15) is 14.7 Å². The van der Waals surface area contributed by atoms with Crippen molar-refractivity contribution in [3.05, 3.63) is 59.9 Å². The molecular formula is C20H19N3O4. The van der Waals surface area contributed by atoms with Gasteiger partial charge >= 0.3 is 0 Å². The van der Waals surface area contributed by atoms with Gasteiger partial charge < -0.3 is 19.6 Å². The molecule has 7 nitrogen and oxygen atoms in total. The number of pyridine rings is 1. The van der Waals surface area contributed by atoms with Crippen LogP contribution in [0.25, 0.3) is 0 Å². The molecule has 27 heavy (non-hydrogen) atoms. The molecule has 0 unspecified atom stereocenters. The van der Waals surface area contributed by atoms with Gasteiger partial charge in [0.25, 0.3) is 5.91 Å². The maximum atomic E-state index is 12.9. The zero-order valence-electron chi connectivity index (χ0n) is 14.6. The van der Waals surface area contributed by atoms with E-state index >= 15 is 0 Å². The summed E-state index contributed by atoms with van der Waals surface area (Å²) >= 11 is 0. The van der Waals surface area contributed by atoms with Crippen molar-refractivity contribution in [2.24, 2.45) is 0 Å². The predicted molar refractivity (Wildman–Crippen MR) is 94.7 cm³/mol. The van der Waals surface area contributed by atoms with Gasteiger partial charge in [-0.1, -0.05) is 30.3 Å².